The third-order valence-corrected chi connectivity index (χ3v) is 2.07. The number of benzene rings is 1. The number of aliphatic hydroxyl groups is 1. The SMILES string of the molecule is CC(C)(C)OCCOc1cc(F)cc(C#CCO)c1. The smallest absolute Gasteiger partial charge is 0.128 e. The van der Waals surface area contributed by atoms with Crippen LogP contribution in [0.15, 0.2) is 18.2 Å². The first-order valence-electron chi connectivity index (χ1n) is 6.08. The van der Waals surface area contributed by atoms with Crippen LogP contribution >= 0.6 is 0 Å². The summed E-state index contributed by atoms with van der Waals surface area (Å²) in [6.07, 6.45) is 0. The zero-order chi connectivity index (χ0) is 14.3. The minimum Gasteiger partial charge on any atom is -0.491 e. The van der Waals surface area contributed by atoms with Gasteiger partial charge in [-0.2, -0.15) is 0 Å². The molecule has 0 aliphatic carbocycles. The second-order valence-corrected chi connectivity index (χ2v) is 4.94. The second-order valence-electron chi connectivity index (χ2n) is 4.94. The summed E-state index contributed by atoms with van der Waals surface area (Å²) >= 11 is 0. The van der Waals surface area contributed by atoms with E-state index in [2.05, 4.69) is 11.8 Å². The third kappa shape index (κ3) is 6.80. The second kappa shape index (κ2) is 7.13. The fourth-order valence-electron chi connectivity index (χ4n) is 1.37. The fourth-order valence-corrected chi connectivity index (χ4v) is 1.37. The van der Waals surface area contributed by atoms with Crippen LogP contribution in [0.2, 0.25) is 0 Å². The molecule has 0 heterocycles. The van der Waals surface area contributed by atoms with Gasteiger partial charge in [0.25, 0.3) is 0 Å². The number of hydrogen-bond acceptors (Lipinski definition) is 3. The molecule has 19 heavy (non-hydrogen) atoms. The number of rotatable bonds is 4. The van der Waals surface area contributed by atoms with Crippen LogP contribution < -0.4 is 4.74 Å². The highest BCUT2D eigenvalue weighted by Crippen LogP contribution is 2.16. The Balaban J connectivity index is 2.56. The molecule has 1 N–H and O–H groups in total. The van der Waals surface area contributed by atoms with Gasteiger partial charge in [0.2, 0.25) is 0 Å². The average Bonchev–Trinajstić information content (AvgIpc) is 2.30. The van der Waals surface area contributed by atoms with Crippen molar-refractivity contribution in [2.45, 2.75) is 26.4 Å². The predicted octanol–water partition coefficient (Wildman–Crippen LogP) is 2.36. The normalized spacial score (nSPS) is 10.8. The highest BCUT2D eigenvalue weighted by molar-refractivity contribution is 5.40. The molecular weight excluding hydrogens is 247 g/mol. The predicted molar refractivity (Wildman–Crippen MR) is 71.6 cm³/mol. The Labute approximate surface area is 113 Å². The molecule has 4 heteroatoms. The van der Waals surface area contributed by atoms with E-state index in [1.54, 1.807) is 6.07 Å². The molecule has 1 aromatic rings. The molecule has 0 saturated carbocycles. The molecule has 0 radical (unpaired) electrons. The lowest BCUT2D eigenvalue weighted by atomic mass is 10.2. The van der Waals surface area contributed by atoms with E-state index in [0.717, 1.165) is 0 Å². The van der Waals surface area contributed by atoms with Crippen LogP contribution in [0.3, 0.4) is 0 Å². The van der Waals surface area contributed by atoms with Gasteiger partial charge in [-0.25, -0.2) is 4.39 Å². The molecule has 0 aromatic heterocycles. The van der Waals surface area contributed by atoms with Gasteiger partial charge < -0.3 is 14.6 Å². The van der Waals surface area contributed by atoms with Gasteiger partial charge in [-0.1, -0.05) is 11.8 Å². The summed E-state index contributed by atoms with van der Waals surface area (Å²) in [6.45, 7) is 6.38. The first-order valence-corrected chi connectivity index (χ1v) is 6.08. The van der Waals surface area contributed by atoms with E-state index >= 15 is 0 Å². The first-order chi connectivity index (χ1) is 8.90. The number of aliphatic hydroxyl groups excluding tert-OH is 1. The maximum Gasteiger partial charge on any atom is 0.128 e. The number of hydrogen-bond donors (Lipinski definition) is 1. The highest BCUT2D eigenvalue weighted by Gasteiger charge is 2.09. The number of ether oxygens (including phenoxy) is 2. The Morgan fingerprint density at radius 2 is 1.95 bits per heavy atom. The summed E-state index contributed by atoms with van der Waals surface area (Å²) in [4.78, 5) is 0. The number of halogens is 1. The van der Waals surface area contributed by atoms with Crippen LogP contribution in [0.4, 0.5) is 4.39 Å². The van der Waals surface area contributed by atoms with E-state index in [1.807, 2.05) is 20.8 Å². The average molecular weight is 266 g/mol. The lowest BCUT2D eigenvalue weighted by molar-refractivity contribution is -0.0163. The molecule has 0 spiro atoms. The summed E-state index contributed by atoms with van der Waals surface area (Å²) in [6, 6.07) is 4.21. The summed E-state index contributed by atoms with van der Waals surface area (Å²) in [5.74, 6) is 5.09. The van der Waals surface area contributed by atoms with Gasteiger partial charge >= 0.3 is 0 Å². The van der Waals surface area contributed by atoms with Gasteiger partial charge in [0.1, 0.15) is 24.8 Å². The van der Waals surface area contributed by atoms with Gasteiger partial charge in [-0.05, 0) is 32.9 Å². The van der Waals surface area contributed by atoms with Crippen molar-refractivity contribution in [2.75, 3.05) is 19.8 Å². The Kier molecular flexibility index (Phi) is 5.81. The van der Waals surface area contributed by atoms with Crippen molar-refractivity contribution in [1.82, 2.24) is 0 Å². The topological polar surface area (TPSA) is 38.7 Å². The van der Waals surface area contributed by atoms with Crippen molar-refractivity contribution in [2.24, 2.45) is 0 Å². The molecule has 0 fully saturated rings. The van der Waals surface area contributed by atoms with Gasteiger partial charge in [0, 0.05) is 11.6 Å². The van der Waals surface area contributed by atoms with Gasteiger partial charge in [-0.15, -0.1) is 0 Å². The maximum atomic E-state index is 13.3. The van der Waals surface area contributed by atoms with Gasteiger partial charge in [0.15, 0.2) is 0 Å². The lowest BCUT2D eigenvalue weighted by Crippen LogP contribution is -2.22. The molecule has 0 saturated heterocycles. The molecule has 1 rings (SSSR count). The van der Waals surface area contributed by atoms with E-state index in [4.69, 9.17) is 14.6 Å². The molecule has 1 aromatic carbocycles. The van der Waals surface area contributed by atoms with E-state index in [9.17, 15) is 4.39 Å². The lowest BCUT2D eigenvalue weighted by Gasteiger charge is -2.19. The van der Waals surface area contributed by atoms with Crippen molar-refractivity contribution in [3.8, 4) is 17.6 Å². The van der Waals surface area contributed by atoms with Crippen LogP contribution in [0, 0.1) is 17.7 Å². The molecule has 0 bridgehead atoms. The monoisotopic (exact) mass is 266 g/mol. The third-order valence-electron chi connectivity index (χ3n) is 2.07. The van der Waals surface area contributed by atoms with Crippen molar-refractivity contribution in [3.05, 3.63) is 29.6 Å². The van der Waals surface area contributed by atoms with E-state index in [0.29, 0.717) is 24.5 Å². The molecule has 0 unspecified atom stereocenters. The molecule has 0 aliphatic heterocycles. The standard InChI is InChI=1S/C15H19FO3/c1-15(2,3)19-8-7-18-14-10-12(5-4-6-17)9-13(16)11-14/h9-11,17H,6-8H2,1-3H3. The molecule has 0 atom stereocenters. The summed E-state index contributed by atoms with van der Waals surface area (Å²) in [5.41, 5.74) is 0.254. The molecular formula is C15H19FO3. The van der Waals surface area contributed by atoms with Crippen LogP contribution in [0.5, 0.6) is 5.75 Å². The molecule has 3 nitrogen and oxygen atoms in total. The van der Waals surface area contributed by atoms with Gasteiger partial charge in [0.05, 0.1) is 12.2 Å². The van der Waals surface area contributed by atoms with Crippen LogP contribution in [-0.2, 0) is 4.74 Å². The summed E-state index contributed by atoms with van der Waals surface area (Å²) in [5, 5.41) is 8.60. The van der Waals surface area contributed by atoms with Crippen molar-refractivity contribution < 1.29 is 19.0 Å². The Morgan fingerprint density at radius 3 is 2.58 bits per heavy atom. The quantitative estimate of drug-likeness (QED) is 0.671. The Hall–Kier alpha value is -1.57. The largest absolute Gasteiger partial charge is 0.491 e. The van der Waals surface area contributed by atoms with Crippen LogP contribution in [-0.4, -0.2) is 30.5 Å². The zero-order valence-electron chi connectivity index (χ0n) is 11.5. The Morgan fingerprint density at radius 1 is 1.21 bits per heavy atom. The zero-order valence-corrected chi connectivity index (χ0v) is 11.5. The van der Waals surface area contributed by atoms with Gasteiger partial charge in [-0.3, -0.25) is 0 Å². The van der Waals surface area contributed by atoms with Crippen LogP contribution in [0.1, 0.15) is 26.3 Å². The summed E-state index contributed by atoms with van der Waals surface area (Å²) < 4.78 is 24.2. The maximum absolute atomic E-state index is 13.3. The first kappa shape index (κ1) is 15.5. The van der Waals surface area contributed by atoms with E-state index in [1.165, 1.54) is 12.1 Å². The molecule has 0 amide bonds. The van der Waals surface area contributed by atoms with E-state index < -0.39 is 5.82 Å². The highest BCUT2D eigenvalue weighted by atomic mass is 19.1. The van der Waals surface area contributed by atoms with E-state index in [-0.39, 0.29) is 12.2 Å². The van der Waals surface area contributed by atoms with Crippen molar-refractivity contribution in [1.29, 1.82) is 0 Å². The minimum absolute atomic E-state index is 0.219. The molecule has 0 aliphatic rings. The summed E-state index contributed by atoms with van der Waals surface area (Å²) in [7, 11) is 0. The minimum atomic E-state index is -0.420. The fraction of sp³-hybridized carbons (Fsp3) is 0.467. The van der Waals surface area contributed by atoms with Crippen LogP contribution in [0.25, 0.3) is 0 Å². The molecule has 104 valence electrons. The Bertz CT molecular complexity index is 467. The van der Waals surface area contributed by atoms with Crippen molar-refractivity contribution >= 4 is 0 Å². The van der Waals surface area contributed by atoms with Crippen molar-refractivity contribution in [3.63, 3.8) is 0 Å².